The van der Waals surface area contributed by atoms with Crippen LogP contribution in [0.5, 0.6) is 0 Å². The molecular weight excluding hydrogens is 296 g/mol. The molecule has 2 rings (SSSR count). The van der Waals surface area contributed by atoms with Crippen LogP contribution in [0.15, 0.2) is 22.7 Å². The van der Waals surface area contributed by atoms with E-state index < -0.39 is 0 Å². The lowest BCUT2D eigenvalue weighted by atomic mass is 10.2. The summed E-state index contributed by atoms with van der Waals surface area (Å²) >= 11 is 3.43. The van der Waals surface area contributed by atoms with Gasteiger partial charge in [0.25, 0.3) is 0 Å². The second kappa shape index (κ2) is 6.55. The summed E-state index contributed by atoms with van der Waals surface area (Å²) in [5.41, 5.74) is 0.997. The first-order valence-electron chi connectivity index (χ1n) is 5.00. The number of rotatable bonds is 2. The molecule has 1 aliphatic heterocycles. The molecule has 0 spiro atoms. The predicted octanol–water partition coefficient (Wildman–Crippen LogP) is 2.84. The van der Waals surface area contributed by atoms with Crippen molar-refractivity contribution in [1.29, 1.82) is 0 Å². The minimum Gasteiger partial charge on any atom is -0.379 e. The van der Waals surface area contributed by atoms with Crippen LogP contribution in [0.1, 0.15) is 5.56 Å². The van der Waals surface area contributed by atoms with E-state index in [1.807, 2.05) is 0 Å². The Morgan fingerprint density at radius 2 is 2.00 bits per heavy atom. The van der Waals surface area contributed by atoms with E-state index in [2.05, 4.69) is 20.8 Å². The Hall–Kier alpha value is -0.160. The third kappa shape index (κ3) is 3.70. The Balaban J connectivity index is 0.00000128. The summed E-state index contributed by atoms with van der Waals surface area (Å²) in [7, 11) is 0. The standard InChI is InChI=1S/C11H13BrFNO.ClH/c12-11-2-1-10(13)7-9(11)8-14-3-5-15-6-4-14;/h1-2,7H,3-6,8H2;1H. The molecule has 2 nitrogen and oxygen atoms in total. The predicted molar refractivity (Wildman–Crippen MR) is 67.4 cm³/mol. The molecule has 1 fully saturated rings. The van der Waals surface area contributed by atoms with E-state index in [4.69, 9.17) is 4.74 Å². The van der Waals surface area contributed by atoms with Crippen LogP contribution in [0.2, 0.25) is 0 Å². The summed E-state index contributed by atoms with van der Waals surface area (Å²) in [4.78, 5) is 2.27. The second-order valence-corrected chi connectivity index (χ2v) is 4.48. The van der Waals surface area contributed by atoms with Gasteiger partial charge in [0, 0.05) is 24.1 Å². The molecule has 0 bridgehead atoms. The molecule has 5 heteroatoms. The summed E-state index contributed by atoms with van der Waals surface area (Å²) in [5.74, 6) is -0.179. The van der Waals surface area contributed by atoms with Crippen molar-refractivity contribution in [2.45, 2.75) is 6.54 Å². The Morgan fingerprint density at radius 3 is 2.69 bits per heavy atom. The maximum absolute atomic E-state index is 13.0. The van der Waals surface area contributed by atoms with E-state index >= 15 is 0 Å². The molecule has 0 aromatic heterocycles. The van der Waals surface area contributed by atoms with Crippen LogP contribution in [0.25, 0.3) is 0 Å². The lowest BCUT2D eigenvalue weighted by Gasteiger charge is -2.26. The van der Waals surface area contributed by atoms with Gasteiger partial charge in [-0.1, -0.05) is 15.9 Å². The zero-order valence-electron chi connectivity index (χ0n) is 8.79. The molecule has 1 aromatic rings. The number of hydrogen-bond acceptors (Lipinski definition) is 2. The van der Waals surface area contributed by atoms with Crippen LogP contribution in [0, 0.1) is 5.82 Å². The Bertz CT molecular complexity index is 345. The van der Waals surface area contributed by atoms with Gasteiger partial charge in [-0.25, -0.2) is 4.39 Å². The number of hydrogen-bond donors (Lipinski definition) is 0. The summed E-state index contributed by atoms with van der Waals surface area (Å²) in [6, 6.07) is 4.80. The highest BCUT2D eigenvalue weighted by Crippen LogP contribution is 2.19. The van der Waals surface area contributed by atoms with E-state index in [-0.39, 0.29) is 18.2 Å². The van der Waals surface area contributed by atoms with Gasteiger partial charge in [0.2, 0.25) is 0 Å². The highest BCUT2D eigenvalue weighted by atomic mass is 79.9. The van der Waals surface area contributed by atoms with E-state index in [9.17, 15) is 4.39 Å². The summed E-state index contributed by atoms with van der Waals surface area (Å²) in [6.07, 6.45) is 0. The SMILES string of the molecule is Cl.Fc1ccc(Br)c(CN2CCOCC2)c1. The molecule has 1 heterocycles. The maximum atomic E-state index is 13.0. The van der Waals surface area contributed by atoms with Crippen molar-refractivity contribution >= 4 is 28.3 Å². The molecule has 1 aromatic carbocycles. The van der Waals surface area contributed by atoms with Crippen LogP contribution in [-0.2, 0) is 11.3 Å². The smallest absolute Gasteiger partial charge is 0.123 e. The molecule has 0 unspecified atom stereocenters. The fraction of sp³-hybridized carbons (Fsp3) is 0.455. The van der Waals surface area contributed by atoms with Gasteiger partial charge in [-0.3, -0.25) is 4.90 Å². The monoisotopic (exact) mass is 309 g/mol. The van der Waals surface area contributed by atoms with Crippen LogP contribution >= 0.6 is 28.3 Å². The Labute approximate surface area is 109 Å². The average molecular weight is 311 g/mol. The van der Waals surface area contributed by atoms with Gasteiger partial charge < -0.3 is 4.74 Å². The average Bonchev–Trinajstić information content (AvgIpc) is 2.25. The quantitative estimate of drug-likeness (QED) is 0.833. The highest BCUT2D eigenvalue weighted by molar-refractivity contribution is 9.10. The van der Waals surface area contributed by atoms with Crippen molar-refractivity contribution in [3.63, 3.8) is 0 Å². The van der Waals surface area contributed by atoms with Crippen molar-refractivity contribution in [3.05, 3.63) is 34.1 Å². The molecule has 0 aliphatic carbocycles. The first kappa shape index (κ1) is 13.9. The topological polar surface area (TPSA) is 12.5 Å². The highest BCUT2D eigenvalue weighted by Gasteiger charge is 2.12. The third-order valence-electron chi connectivity index (χ3n) is 2.51. The van der Waals surface area contributed by atoms with Gasteiger partial charge in [0.15, 0.2) is 0 Å². The molecule has 90 valence electrons. The molecule has 1 aliphatic rings. The van der Waals surface area contributed by atoms with Gasteiger partial charge in [0.05, 0.1) is 13.2 Å². The molecule has 0 amide bonds. The molecule has 0 N–H and O–H groups in total. The van der Waals surface area contributed by atoms with Crippen LogP contribution in [0.4, 0.5) is 4.39 Å². The van der Waals surface area contributed by atoms with E-state index in [0.29, 0.717) is 0 Å². The molecule has 0 saturated carbocycles. The molecule has 0 radical (unpaired) electrons. The minimum absolute atomic E-state index is 0. The van der Waals surface area contributed by atoms with E-state index in [0.717, 1.165) is 42.9 Å². The van der Waals surface area contributed by atoms with Crippen molar-refractivity contribution in [2.24, 2.45) is 0 Å². The normalized spacial score (nSPS) is 16.9. The number of ether oxygens (including phenoxy) is 1. The largest absolute Gasteiger partial charge is 0.379 e. The van der Waals surface area contributed by atoms with Crippen LogP contribution in [0.3, 0.4) is 0 Å². The molecule has 16 heavy (non-hydrogen) atoms. The first-order chi connectivity index (χ1) is 7.25. The van der Waals surface area contributed by atoms with Gasteiger partial charge in [-0.05, 0) is 23.8 Å². The number of halogens is 3. The van der Waals surface area contributed by atoms with Gasteiger partial charge in [-0.15, -0.1) is 12.4 Å². The third-order valence-corrected chi connectivity index (χ3v) is 3.28. The van der Waals surface area contributed by atoms with Gasteiger partial charge in [-0.2, -0.15) is 0 Å². The van der Waals surface area contributed by atoms with E-state index in [1.54, 1.807) is 12.1 Å². The Morgan fingerprint density at radius 1 is 1.31 bits per heavy atom. The van der Waals surface area contributed by atoms with Crippen molar-refractivity contribution in [2.75, 3.05) is 26.3 Å². The van der Waals surface area contributed by atoms with Crippen LogP contribution < -0.4 is 0 Å². The van der Waals surface area contributed by atoms with Crippen LogP contribution in [-0.4, -0.2) is 31.2 Å². The fourth-order valence-electron chi connectivity index (χ4n) is 1.66. The number of benzene rings is 1. The summed E-state index contributed by atoms with van der Waals surface area (Å²) in [5, 5.41) is 0. The van der Waals surface area contributed by atoms with Gasteiger partial charge in [0.1, 0.15) is 5.82 Å². The Kier molecular flexibility index (Phi) is 5.69. The van der Waals surface area contributed by atoms with Crippen molar-refractivity contribution < 1.29 is 9.13 Å². The van der Waals surface area contributed by atoms with Crippen molar-refractivity contribution in [3.8, 4) is 0 Å². The fourth-order valence-corrected chi connectivity index (χ4v) is 2.04. The zero-order chi connectivity index (χ0) is 10.7. The molecular formula is C11H14BrClFNO. The van der Waals surface area contributed by atoms with Crippen molar-refractivity contribution in [1.82, 2.24) is 4.90 Å². The number of morpholine rings is 1. The number of nitrogens with zero attached hydrogens (tertiary/aromatic N) is 1. The zero-order valence-corrected chi connectivity index (χ0v) is 11.2. The maximum Gasteiger partial charge on any atom is 0.123 e. The first-order valence-corrected chi connectivity index (χ1v) is 5.79. The minimum atomic E-state index is -0.179. The summed E-state index contributed by atoms with van der Waals surface area (Å²) < 4.78 is 19.3. The lowest BCUT2D eigenvalue weighted by molar-refractivity contribution is 0.0340. The molecule has 1 saturated heterocycles. The van der Waals surface area contributed by atoms with Gasteiger partial charge >= 0.3 is 0 Å². The lowest BCUT2D eigenvalue weighted by Crippen LogP contribution is -2.35. The second-order valence-electron chi connectivity index (χ2n) is 3.62. The summed E-state index contributed by atoms with van der Waals surface area (Å²) in [6.45, 7) is 4.16. The van der Waals surface area contributed by atoms with E-state index in [1.165, 1.54) is 6.07 Å². The molecule has 0 atom stereocenters.